The number of nitrogens with one attached hydrogen (secondary N) is 1. The molecule has 0 fully saturated rings. The zero-order chi connectivity index (χ0) is 21.8. The molecule has 2 aromatic heterocycles. The van der Waals surface area contributed by atoms with E-state index in [1.165, 1.54) is 9.13 Å². The number of rotatable bonds is 9. The van der Waals surface area contributed by atoms with Crippen LogP contribution in [0.4, 0.5) is 0 Å². The summed E-state index contributed by atoms with van der Waals surface area (Å²) >= 11 is 0. The highest BCUT2D eigenvalue weighted by Crippen LogP contribution is 2.19. The van der Waals surface area contributed by atoms with E-state index in [4.69, 9.17) is 0 Å². The maximum atomic E-state index is 13.4. The van der Waals surface area contributed by atoms with Gasteiger partial charge in [-0.15, -0.1) is 0 Å². The Morgan fingerprint density at radius 3 is 2.43 bits per heavy atom. The smallest absolute Gasteiger partial charge is 0.332 e. The largest absolute Gasteiger partial charge is 0.393 e. The molecule has 3 rings (SSSR count). The molecule has 1 aromatic carbocycles. The summed E-state index contributed by atoms with van der Waals surface area (Å²) in [7, 11) is 3.50. The topological polar surface area (TPSA) is 94.1 Å². The average molecular weight is 414 g/mol. The minimum absolute atomic E-state index is 0.0879. The fraction of sp³-hybridized carbons (Fsp3) is 0.500. The standard InChI is InChI=1S/C22H31N5O3/c1-15(28)10-8-9-13-26-21(29)18-20(25(4)22(26)30)24-19(16(2)23-3)27(18)14-17-11-6-5-7-12-17/h5-7,11-12,15-16,23,28H,8-10,13-14H2,1-4H3. The van der Waals surface area contributed by atoms with Crippen molar-refractivity contribution in [2.24, 2.45) is 7.05 Å². The van der Waals surface area contributed by atoms with Crippen LogP contribution in [-0.2, 0) is 20.1 Å². The number of hydrogen-bond acceptors (Lipinski definition) is 5. The van der Waals surface area contributed by atoms with Crippen molar-refractivity contribution < 1.29 is 5.11 Å². The quantitative estimate of drug-likeness (QED) is 0.522. The van der Waals surface area contributed by atoms with E-state index in [1.54, 1.807) is 14.0 Å². The summed E-state index contributed by atoms with van der Waals surface area (Å²) in [5.74, 6) is 0.718. The van der Waals surface area contributed by atoms with Crippen molar-refractivity contribution in [2.45, 2.75) is 58.3 Å². The Labute approximate surface area is 175 Å². The Morgan fingerprint density at radius 2 is 1.80 bits per heavy atom. The van der Waals surface area contributed by atoms with Crippen LogP contribution in [0.1, 0.15) is 50.5 Å². The fourth-order valence-corrected chi connectivity index (χ4v) is 3.68. The Balaban J connectivity index is 2.14. The number of aliphatic hydroxyl groups is 1. The van der Waals surface area contributed by atoms with Crippen molar-refractivity contribution in [1.82, 2.24) is 24.0 Å². The van der Waals surface area contributed by atoms with Crippen LogP contribution in [0.3, 0.4) is 0 Å². The van der Waals surface area contributed by atoms with Crippen molar-refractivity contribution in [3.05, 3.63) is 62.6 Å². The lowest BCUT2D eigenvalue weighted by Crippen LogP contribution is -2.39. The molecule has 0 spiro atoms. The van der Waals surface area contributed by atoms with Crippen LogP contribution in [0.5, 0.6) is 0 Å². The molecule has 0 saturated carbocycles. The zero-order valence-corrected chi connectivity index (χ0v) is 18.1. The first-order chi connectivity index (χ1) is 14.3. The SMILES string of the molecule is CNC(C)c1nc2c(c(=O)n(CCCCC(C)O)c(=O)n2C)n1Cc1ccccc1. The van der Waals surface area contributed by atoms with Gasteiger partial charge < -0.3 is 15.0 Å². The second-order valence-electron chi connectivity index (χ2n) is 7.87. The molecule has 3 aromatic rings. The molecule has 0 bridgehead atoms. The number of nitrogens with zero attached hydrogens (tertiary/aromatic N) is 4. The van der Waals surface area contributed by atoms with E-state index >= 15 is 0 Å². The molecule has 8 nitrogen and oxygen atoms in total. The Bertz CT molecular complexity index is 1110. The maximum Gasteiger partial charge on any atom is 0.332 e. The summed E-state index contributed by atoms with van der Waals surface area (Å²) in [6.45, 7) is 4.54. The van der Waals surface area contributed by atoms with E-state index in [9.17, 15) is 14.7 Å². The van der Waals surface area contributed by atoms with Gasteiger partial charge in [-0.1, -0.05) is 30.3 Å². The van der Waals surface area contributed by atoms with E-state index in [2.05, 4.69) is 10.3 Å². The molecule has 0 saturated heterocycles. The van der Waals surface area contributed by atoms with Crippen molar-refractivity contribution in [2.75, 3.05) is 7.05 Å². The maximum absolute atomic E-state index is 13.4. The third-order valence-electron chi connectivity index (χ3n) is 5.52. The van der Waals surface area contributed by atoms with Crippen LogP contribution in [0.25, 0.3) is 11.2 Å². The lowest BCUT2D eigenvalue weighted by Gasteiger charge is -2.14. The molecule has 0 radical (unpaired) electrons. The average Bonchev–Trinajstić information content (AvgIpc) is 3.11. The van der Waals surface area contributed by atoms with Crippen molar-refractivity contribution in [1.29, 1.82) is 0 Å². The molecule has 2 atom stereocenters. The molecular formula is C22H31N5O3. The van der Waals surface area contributed by atoms with Gasteiger partial charge in [0.25, 0.3) is 5.56 Å². The highest BCUT2D eigenvalue weighted by atomic mass is 16.3. The van der Waals surface area contributed by atoms with Crippen molar-refractivity contribution >= 4 is 11.2 Å². The minimum atomic E-state index is -0.384. The van der Waals surface area contributed by atoms with E-state index < -0.39 is 0 Å². The minimum Gasteiger partial charge on any atom is -0.393 e. The van der Waals surface area contributed by atoms with Gasteiger partial charge in [0.15, 0.2) is 11.2 Å². The molecule has 0 aliphatic rings. The van der Waals surface area contributed by atoms with Gasteiger partial charge in [0.2, 0.25) is 0 Å². The number of benzene rings is 1. The fourth-order valence-electron chi connectivity index (χ4n) is 3.68. The summed E-state index contributed by atoms with van der Waals surface area (Å²) in [6.07, 6.45) is 1.66. The molecule has 8 heteroatoms. The number of aryl methyl sites for hydroxylation is 1. The molecule has 0 aliphatic heterocycles. The first-order valence-corrected chi connectivity index (χ1v) is 10.4. The van der Waals surface area contributed by atoms with Gasteiger partial charge in [-0.25, -0.2) is 9.78 Å². The van der Waals surface area contributed by atoms with E-state index in [0.29, 0.717) is 37.1 Å². The summed E-state index contributed by atoms with van der Waals surface area (Å²) in [6, 6.07) is 9.82. The van der Waals surface area contributed by atoms with E-state index in [0.717, 1.165) is 17.8 Å². The highest BCUT2D eigenvalue weighted by molar-refractivity contribution is 5.71. The van der Waals surface area contributed by atoms with Crippen molar-refractivity contribution in [3.8, 4) is 0 Å². The van der Waals surface area contributed by atoms with Crippen molar-refractivity contribution in [3.63, 3.8) is 0 Å². The van der Waals surface area contributed by atoms with Crippen LogP contribution >= 0.6 is 0 Å². The van der Waals surface area contributed by atoms with Crippen LogP contribution in [0.15, 0.2) is 39.9 Å². The van der Waals surface area contributed by atoms with Gasteiger partial charge >= 0.3 is 5.69 Å². The molecular weight excluding hydrogens is 382 g/mol. The number of aromatic nitrogens is 4. The highest BCUT2D eigenvalue weighted by Gasteiger charge is 2.22. The first-order valence-electron chi connectivity index (χ1n) is 10.4. The predicted octanol–water partition coefficient (Wildman–Crippen LogP) is 1.78. The van der Waals surface area contributed by atoms with Gasteiger partial charge in [-0.2, -0.15) is 0 Å². The second-order valence-corrected chi connectivity index (χ2v) is 7.87. The number of hydrogen-bond donors (Lipinski definition) is 2. The Morgan fingerprint density at radius 1 is 1.10 bits per heavy atom. The third kappa shape index (κ3) is 4.39. The van der Waals surface area contributed by atoms with Gasteiger partial charge in [-0.3, -0.25) is 13.9 Å². The molecule has 2 N–H and O–H groups in total. The Kier molecular flexibility index (Phi) is 6.89. The molecule has 0 amide bonds. The number of fused-ring (bicyclic) bond motifs is 1. The lowest BCUT2D eigenvalue weighted by molar-refractivity contribution is 0.180. The van der Waals surface area contributed by atoms with Crippen LogP contribution in [-0.4, -0.2) is 36.9 Å². The van der Waals surface area contributed by atoms with E-state index in [-0.39, 0.29) is 23.4 Å². The summed E-state index contributed by atoms with van der Waals surface area (Å²) < 4.78 is 4.67. The normalized spacial score (nSPS) is 13.6. The Hall–Kier alpha value is -2.71. The van der Waals surface area contributed by atoms with E-state index in [1.807, 2.05) is 48.9 Å². The summed E-state index contributed by atoms with van der Waals surface area (Å²) in [4.78, 5) is 30.9. The van der Waals surface area contributed by atoms with Gasteiger partial charge in [-0.05, 0) is 45.7 Å². The number of imidazole rings is 1. The third-order valence-corrected chi connectivity index (χ3v) is 5.52. The zero-order valence-electron chi connectivity index (χ0n) is 18.1. The van der Waals surface area contributed by atoms with Gasteiger partial charge in [0, 0.05) is 20.1 Å². The predicted molar refractivity (Wildman–Crippen MR) is 118 cm³/mol. The number of aliphatic hydroxyl groups excluding tert-OH is 1. The summed E-state index contributed by atoms with van der Waals surface area (Å²) in [5, 5.41) is 12.6. The number of unbranched alkanes of at least 4 members (excludes halogenated alkanes) is 1. The van der Waals surface area contributed by atoms with Crippen LogP contribution < -0.4 is 16.6 Å². The molecule has 2 unspecified atom stereocenters. The van der Waals surface area contributed by atoms with Crippen LogP contribution in [0.2, 0.25) is 0 Å². The van der Waals surface area contributed by atoms with Crippen LogP contribution in [0, 0.1) is 0 Å². The monoisotopic (exact) mass is 413 g/mol. The first kappa shape index (κ1) is 22.0. The van der Waals surface area contributed by atoms with Gasteiger partial charge in [0.05, 0.1) is 12.1 Å². The molecule has 30 heavy (non-hydrogen) atoms. The lowest BCUT2D eigenvalue weighted by atomic mass is 10.2. The molecule has 0 aliphatic carbocycles. The van der Waals surface area contributed by atoms with Gasteiger partial charge in [0.1, 0.15) is 5.82 Å². The molecule has 2 heterocycles. The summed E-state index contributed by atoms with van der Waals surface area (Å²) in [5.41, 5.74) is 1.21. The second kappa shape index (κ2) is 9.40. The molecule has 162 valence electrons.